The third kappa shape index (κ3) is 5.11. The summed E-state index contributed by atoms with van der Waals surface area (Å²) >= 11 is 0. The molecule has 0 spiro atoms. The van der Waals surface area contributed by atoms with Gasteiger partial charge in [-0.15, -0.1) is 0 Å². The maximum absolute atomic E-state index is 12.5. The lowest BCUT2D eigenvalue weighted by molar-refractivity contribution is 0.0881. The van der Waals surface area contributed by atoms with E-state index in [1.165, 1.54) is 0 Å². The Labute approximate surface area is 209 Å². The van der Waals surface area contributed by atoms with Crippen molar-refractivity contribution in [2.45, 2.75) is 39.0 Å². The van der Waals surface area contributed by atoms with E-state index in [1.54, 1.807) is 6.07 Å². The Hall–Kier alpha value is -3.34. The number of ether oxygens (including phenoxy) is 1. The first-order valence-electron chi connectivity index (χ1n) is 12.4. The summed E-state index contributed by atoms with van der Waals surface area (Å²) in [4.78, 5) is 41.4. The van der Waals surface area contributed by atoms with Crippen molar-refractivity contribution < 1.29 is 14.6 Å². The zero-order valence-corrected chi connectivity index (χ0v) is 20.7. The molecular formula is C26H32N6O4. The molecule has 10 nitrogen and oxygen atoms in total. The van der Waals surface area contributed by atoms with E-state index in [-0.39, 0.29) is 18.1 Å². The summed E-state index contributed by atoms with van der Waals surface area (Å²) in [5, 5.41) is 12.7. The van der Waals surface area contributed by atoms with Gasteiger partial charge in [0, 0.05) is 44.5 Å². The molecule has 5 heterocycles. The second kappa shape index (κ2) is 10.3. The molecule has 2 aliphatic heterocycles. The number of aliphatic hydroxyl groups is 1. The number of H-pyrrole nitrogens is 1. The Kier molecular flexibility index (Phi) is 6.99. The number of aromatic amines is 1. The van der Waals surface area contributed by atoms with Gasteiger partial charge in [0.2, 0.25) is 0 Å². The highest BCUT2D eigenvalue weighted by atomic mass is 16.5. The number of nitrogens with one attached hydrogen (secondary N) is 2. The lowest BCUT2D eigenvalue weighted by Gasteiger charge is -2.36. The molecule has 2 aliphatic rings. The standard InChI is InChI=1S/C26H32N6O4/c1-3-18-11-20-21(29-25(18)34)10-17(12-27-20)13-31-6-8-32(9-7-31)23-5-4-19(28-16(23)2)26(35)30-22-14-36-15-24(22)33/h4-5,10-12,22,24,33H,3,6-9,13-15H2,1-2H3,(H,29,34)(H,30,35)/t22-,24-/m0/s1. The molecule has 0 aromatic carbocycles. The van der Waals surface area contributed by atoms with Crippen LogP contribution < -0.4 is 15.8 Å². The van der Waals surface area contributed by atoms with Crippen LogP contribution in [-0.2, 0) is 17.7 Å². The number of aliphatic hydroxyl groups excluding tert-OH is 1. The highest BCUT2D eigenvalue weighted by Gasteiger charge is 2.28. The van der Waals surface area contributed by atoms with E-state index in [1.807, 2.05) is 38.2 Å². The zero-order chi connectivity index (χ0) is 25.2. The minimum atomic E-state index is -0.688. The maximum atomic E-state index is 12.5. The minimum Gasteiger partial charge on any atom is -0.388 e. The molecule has 2 saturated heterocycles. The second-order valence-electron chi connectivity index (χ2n) is 9.50. The van der Waals surface area contributed by atoms with Gasteiger partial charge in [-0.2, -0.15) is 0 Å². The fourth-order valence-corrected chi connectivity index (χ4v) is 4.86. The second-order valence-corrected chi connectivity index (χ2v) is 9.50. The van der Waals surface area contributed by atoms with Gasteiger partial charge < -0.3 is 25.0 Å². The summed E-state index contributed by atoms with van der Waals surface area (Å²) in [7, 11) is 0. The number of pyridine rings is 3. The normalized spacial score (nSPS) is 20.7. The minimum absolute atomic E-state index is 0.0461. The number of piperazine rings is 1. The Bertz CT molecular complexity index is 1320. The van der Waals surface area contributed by atoms with Crippen LogP contribution >= 0.6 is 0 Å². The fourth-order valence-electron chi connectivity index (χ4n) is 4.86. The molecule has 5 rings (SSSR count). The molecule has 190 valence electrons. The van der Waals surface area contributed by atoms with Crippen LogP contribution in [0.5, 0.6) is 0 Å². The molecule has 2 atom stereocenters. The van der Waals surface area contributed by atoms with Crippen molar-refractivity contribution >= 4 is 22.6 Å². The smallest absolute Gasteiger partial charge is 0.270 e. The summed E-state index contributed by atoms with van der Waals surface area (Å²) in [6.45, 7) is 8.63. The predicted molar refractivity (Wildman–Crippen MR) is 136 cm³/mol. The molecule has 3 N–H and O–H groups in total. The topological polar surface area (TPSA) is 124 Å². The van der Waals surface area contributed by atoms with E-state index in [0.29, 0.717) is 18.7 Å². The van der Waals surface area contributed by atoms with Gasteiger partial charge in [0.05, 0.1) is 47.8 Å². The quantitative estimate of drug-likeness (QED) is 0.466. The van der Waals surface area contributed by atoms with Crippen LogP contribution in [0.25, 0.3) is 11.0 Å². The average Bonchev–Trinajstić information content (AvgIpc) is 3.28. The van der Waals surface area contributed by atoms with Crippen molar-refractivity contribution in [3.8, 4) is 0 Å². The van der Waals surface area contributed by atoms with Crippen LogP contribution in [0.1, 0.15) is 34.2 Å². The summed E-state index contributed by atoms with van der Waals surface area (Å²) in [6, 6.07) is 7.16. The average molecular weight is 493 g/mol. The van der Waals surface area contributed by atoms with Gasteiger partial charge >= 0.3 is 0 Å². The van der Waals surface area contributed by atoms with Gasteiger partial charge in [-0.25, -0.2) is 4.98 Å². The van der Waals surface area contributed by atoms with E-state index in [9.17, 15) is 14.7 Å². The number of hydrogen-bond acceptors (Lipinski definition) is 8. The van der Waals surface area contributed by atoms with Crippen molar-refractivity contribution in [3.05, 3.63) is 63.3 Å². The largest absolute Gasteiger partial charge is 0.388 e. The molecule has 0 radical (unpaired) electrons. The summed E-state index contributed by atoms with van der Waals surface area (Å²) in [5.74, 6) is -0.305. The van der Waals surface area contributed by atoms with Crippen molar-refractivity contribution in [1.29, 1.82) is 0 Å². The molecule has 3 aromatic heterocycles. The Morgan fingerprint density at radius 2 is 2.03 bits per heavy atom. The van der Waals surface area contributed by atoms with Gasteiger partial charge in [-0.05, 0) is 43.2 Å². The number of hydrogen-bond donors (Lipinski definition) is 3. The number of amides is 1. The first-order valence-corrected chi connectivity index (χ1v) is 12.4. The molecule has 0 unspecified atom stereocenters. The number of carbonyl (C=O) groups excluding carboxylic acids is 1. The zero-order valence-electron chi connectivity index (χ0n) is 20.7. The van der Waals surface area contributed by atoms with E-state index < -0.39 is 12.1 Å². The molecule has 0 bridgehead atoms. The molecule has 2 fully saturated rings. The van der Waals surface area contributed by atoms with Crippen molar-refractivity contribution in [2.24, 2.45) is 0 Å². The highest BCUT2D eigenvalue weighted by Crippen LogP contribution is 2.22. The SMILES string of the molecule is CCc1cc2ncc(CN3CCN(c4ccc(C(=O)N[C@H]5COC[C@@H]5O)nc4C)CC3)cc2[nH]c1=O. The van der Waals surface area contributed by atoms with Gasteiger partial charge in [-0.3, -0.25) is 19.5 Å². The lowest BCUT2D eigenvalue weighted by Crippen LogP contribution is -2.46. The number of rotatable bonds is 6. The van der Waals surface area contributed by atoms with Crippen molar-refractivity contribution in [1.82, 2.24) is 25.2 Å². The third-order valence-corrected chi connectivity index (χ3v) is 6.98. The molecule has 36 heavy (non-hydrogen) atoms. The molecular weight excluding hydrogens is 460 g/mol. The molecule has 1 amide bonds. The van der Waals surface area contributed by atoms with Crippen molar-refractivity contribution in [2.75, 3.05) is 44.3 Å². The molecule has 10 heteroatoms. The van der Waals surface area contributed by atoms with Crippen LogP contribution in [0.15, 0.2) is 35.3 Å². The summed E-state index contributed by atoms with van der Waals surface area (Å²) < 4.78 is 5.19. The van der Waals surface area contributed by atoms with Crippen LogP contribution in [0.4, 0.5) is 5.69 Å². The Balaban J connectivity index is 1.19. The van der Waals surface area contributed by atoms with E-state index in [4.69, 9.17) is 4.74 Å². The van der Waals surface area contributed by atoms with Crippen LogP contribution in [-0.4, -0.2) is 82.4 Å². The first kappa shape index (κ1) is 24.4. The molecule has 0 aliphatic carbocycles. The summed E-state index contributed by atoms with van der Waals surface area (Å²) in [5.41, 5.74) is 5.51. The number of anilines is 1. The van der Waals surface area contributed by atoms with Crippen LogP contribution in [0.2, 0.25) is 0 Å². The van der Waals surface area contributed by atoms with E-state index in [2.05, 4.69) is 30.1 Å². The summed E-state index contributed by atoms with van der Waals surface area (Å²) in [6.07, 6.45) is 1.89. The number of fused-ring (bicyclic) bond motifs is 1. The van der Waals surface area contributed by atoms with Crippen LogP contribution in [0, 0.1) is 6.92 Å². The van der Waals surface area contributed by atoms with Gasteiger partial charge in [0.15, 0.2) is 0 Å². The Morgan fingerprint density at radius 3 is 2.72 bits per heavy atom. The number of aromatic nitrogens is 3. The van der Waals surface area contributed by atoms with E-state index in [0.717, 1.165) is 66.3 Å². The molecule has 3 aromatic rings. The fraction of sp³-hybridized carbons (Fsp3) is 0.462. The lowest BCUT2D eigenvalue weighted by atomic mass is 10.1. The number of carbonyl (C=O) groups is 1. The highest BCUT2D eigenvalue weighted by molar-refractivity contribution is 5.93. The number of aryl methyl sites for hydroxylation is 2. The first-order chi connectivity index (χ1) is 17.4. The van der Waals surface area contributed by atoms with Gasteiger partial charge in [0.25, 0.3) is 11.5 Å². The monoisotopic (exact) mass is 492 g/mol. The third-order valence-electron chi connectivity index (χ3n) is 6.98. The van der Waals surface area contributed by atoms with Crippen molar-refractivity contribution in [3.63, 3.8) is 0 Å². The number of nitrogens with zero attached hydrogens (tertiary/aromatic N) is 4. The predicted octanol–water partition coefficient (Wildman–Crippen LogP) is 1.00. The Morgan fingerprint density at radius 1 is 1.22 bits per heavy atom. The molecule has 0 saturated carbocycles. The van der Waals surface area contributed by atoms with Crippen LogP contribution in [0.3, 0.4) is 0 Å². The van der Waals surface area contributed by atoms with Gasteiger partial charge in [-0.1, -0.05) is 6.92 Å². The maximum Gasteiger partial charge on any atom is 0.270 e. The van der Waals surface area contributed by atoms with Gasteiger partial charge in [0.1, 0.15) is 5.69 Å². The van der Waals surface area contributed by atoms with E-state index >= 15 is 0 Å².